The number of hydrogen-bond donors (Lipinski definition) is 2. The summed E-state index contributed by atoms with van der Waals surface area (Å²) in [7, 11) is 0. The lowest BCUT2D eigenvalue weighted by Crippen LogP contribution is -2.21. The lowest BCUT2D eigenvalue weighted by molar-refractivity contribution is -0.122. The molecule has 2 aromatic carbocycles. The van der Waals surface area contributed by atoms with Gasteiger partial charge in [-0.3, -0.25) is 9.59 Å². The van der Waals surface area contributed by atoms with Gasteiger partial charge in [-0.2, -0.15) is 5.10 Å². The van der Waals surface area contributed by atoms with Crippen molar-refractivity contribution in [3.8, 4) is 0 Å². The Morgan fingerprint density at radius 2 is 1.77 bits per heavy atom. The van der Waals surface area contributed by atoms with Crippen LogP contribution < -0.4 is 10.7 Å². The second-order valence-corrected chi connectivity index (χ2v) is 8.88. The first-order valence-corrected chi connectivity index (χ1v) is 10.8. The second-order valence-electron chi connectivity index (χ2n) is 7.17. The van der Waals surface area contributed by atoms with Gasteiger partial charge in [0.05, 0.1) is 14.9 Å². The largest absolute Gasteiger partial charge is 0.321 e. The van der Waals surface area contributed by atoms with E-state index in [0.717, 1.165) is 12.0 Å². The lowest BCUT2D eigenvalue weighted by Gasteiger charge is -2.06. The Balaban J connectivity index is 1.32. The molecule has 7 heteroatoms. The first-order valence-electron chi connectivity index (χ1n) is 9.57. The topological polar surface area (TPSA) is 70.6 Å². The Morgan fingerprint density at radius 1 is 1.03 bits per heavy atom. The lowest BCUT2D eigenvalue weighted by atomic mass is 10.1. The minimum absolute atomic E-state index is 0.0210. The van der Waals surface area contributed by atoms with Crippen LogP contribution in [0.2, 0.25) is 4.34 Å². The number of halogens is 1. The normalized spacial score (nSPS) is 18.0. The third kappa shape index (κ3) is 4.78. The van der Waals surface area contributed by atoms with Crippen molar-refractivity contribution in [1.82, 2.24) is 5.43 Å². The highest BCUT2D eigenvalue weighted by Gasteiger charge is 2.43. The number of benzene rings is 2. The molecule has 0 aliphatic heterocycles. The molecule has 2 amide bonds. The highest BCUT2D eigenvalue weighted by atomic mass is 35.5. The Kier molecular flexibility index (Phi) is 5.97. The molecule has 0 spiro atoms. The average molecular weight is 438 g/mol. The Hall–Kier alpha value is -2.96. The molecule has 1 saturated carbocycles. The molecular weight excluding hydrogens is 418 g/mol. The van der Waals surface area contributed by atoms with Crippen molar-refractivity contribution in [1.29, 1.82) is 0 Å². The van der Waals surface area contributed by atoms with Gasteiger partial charge in [0.2, 0.25) is 5.91 Å². The first kappa shape index (κ1) is 20.3. The van der Waals surface area contributed by atoms with Crippen molar-refractivity contribution in [3.05, 3.63) is 87.1 Å². The quantitative estimate of drug-likeness (QED) is 0.406. The zero-order valence-corrected chi connectivity index (χ0v) is 17.8. The molecule has 1 heterocycles. The van der Waals surface area contributed by atoms with Gasteiger partial charge in [-0.05, 0) is 54.7 Å². The number of hydrazone groups is 1. The summed E-state index contributed by atoms with van der Waals surface area (Å²) >= 11 is 7.11. The van der Waals surface area contributed by atoms with Crippen LogP contribution in [-0.4, -0.2) is 17.5 Å². The molecular formula is C23H20ClN3O2S. The standard InChI is InChI=1S/C23H20ClN3O2S/c1-14(26-27-22(28)19-13-18(19)16-5-3-2-4-6-16)15-7-9-17(10-8-15)25-23(29)20-11-12-21(24)30-20/h2-12,18-19H,13H2,1H3,(H,25,29)(H,27,28)/b26-14-/t18-,19-/m0/s1. The molecule has 1 fully saturated rings. The molecule has 152 valence electrons. The van der Waals surface area contributed by atoms with Gasteiger partial charge in [0.1, 0.15) is 0 Å². The zero-order valence-electron chi connectivity index (χ0n) is 16.3. The number of thiophene rings is 1. The number of carbonyl (C=O) groups excluding carboxylic acids is 2. The van der Waals surface area contributed by atoms with Crippen LogP contribution in [0.25, 0.3) is 0 Å². The summed E-state index contributed by atoms with van der Waals surface area (Å²) in [5.74, 6) is 0.00604. The number of hydrogen-bond acceptors (Lipinski definition) is 4. The molecule has 0 bridgehead atoms. The van der Waals surface area contributed by atoms with E-state index < -0.39 is 0 Å². The first-order chi connectivity index (χ1) is 14.5. The summed E-state index contributed by atoms with van der Waals surface area (Å²) in [6.07, 6.45) is 0.855. The highest BCUT2D eigenvalue weighted by molar-refractivity contribution is 7.18. The summed E-state index contributed by atoms with van der Waals surface area (Å²) in [5.41, 5.74) is 6.11. The molecule has 0 saturated heterocycles. The molecule has 4 rings (SSSR count). The second kappa shape index (κ2) is 8.81. The fourth-order valence-corrected chi connectivity index (χ4v) is 4.20. The van der Waals surface area contributed by atoms with Crippen molar-refractivity contribution in [2.75, 3.05) is 5.32 Å². The summed E-state index contributed by atoms with van der Waals surface area (Å²) in [5, 5.41) is 7.08. The number of nitrogens with zero attached hydrogens (tertiary/aromatic N) is 1. The van der Waals surface area contributed by atoms with Gasteiger partial charge in [0, 0.05) is 11.6 Å². The molecule has 0 unspecified atom stereocenters. The van der Waals surface area contributed by atoms with Crippen LogP contribution in [0, 0.1) is 5.92 Å². The van der Waals surface area contributed by atoms with Gasteiger partial charge < -0.3 is 5.32 Å². The third-order valence-corrected chi connectivity index (χ3v) is 6.28. The molecule has 1 aliphatic rings. The van der Waals surface area contributed by atoms with Crippen LogP contribution in [0.5, 0.6) is 0 Å². The molecule has 5 nitrogen and oxygen atoms in total. The van der Waals surface area contributed by atoms with Crippen molar-refractivity contribution in [3.63, 3.8) is 0 Å². The highest BCUT2D eigenvalue weighted by Crippen LogP contribution is 2.47. The molecule has 2 N–H and O–H groups in total. The van der Waals surface area contributed by atoms with E-state index in [1.807, 2.05) is 37.3 Å². The monoisotopic (exact) mass is 437 g/mol. The zero-order chi connectivity index (χ0) is 21.1. The number of anilines is 1. The van der Waals surface area contributed by atoms with Crippen LogP contribution in [-0.2, 0) is 4.79 Å². The molecule has 2 atom stereocenters. The van der Waals surface area contributed by atoms with E-state index in [0.29, 0.717) is 20.6 Å². The van der Waals surface area contributed by atoms with E-state index in [1.54, 1.807) is 24.3 Å². The maximum absolute atomic E-state index is 12.4. The predicted octanol–water partition coefficient (Wildman–Crippen LogP) is 5.30. The Morgan fingerprint density at radius 3 is 2.43 bits per heavy atom. The maximum Gasteiger partial charge on any atom is 0.265 e. The molecule has 3 aromatic rings. The van der Waals surface area contributed by atoms with E-state index in [2.05, 4.69) is 28.0 Å². The Bertz CT molecular complexity index is 1090. The van der Waals surface area contributed by atoms with Crippen molar-refractivity contribution in [2.24, 2.45) is 11.0 Å². The number of nitrogens with one attached hydrogen (secondary N) is 2. The van der Waals surface area contributed by atoms with Gasteiger partial charge >= 0.3 is 0 Å². The minimum Gasteiger partial charge on any atom is -0.321 e. The van der Waals surface area contributed by atoms with Crippen LogP contribution in [0.4, 0.5) is 5.69 Å². The molecule has 0 radical (unpaired) electrons. The predicted molar refractivity (Wildman–Crippen MR) is 121 cm³/mol. The van der Waals surface area contributed by atoms with Crippen LogP contribution in [0.1, 0.15) is 40.1 Å². The smallest absolute Gasteiger partial charge is 0.265 e. The number of amides is 2. The van der Waals surface area contributed by atoms with Crippen LogP contribution >= 0.6 is 22.9 Å². The van der Waals surface area contributed by atoms with Crippen LogP contribution in [0.15, 0.2) is 71.8 Å². The SMILES string of the molecule is C/C(=N/NC(=O)[C@H]1C[C@H]1c1ccccc1)c1ccc(NC(=O)c2ccc(Cl)s2)cc1. The van der Waals surface area contributed by atoms with Crippen molar-refractivity contribution < 1.29 is 9.59 Å². The van der Waals surface area contributed by atoms with Gasteiger partial charge in [0.25, 0.3) is 5.91 Å². The van der Waals surface area contributed by atoms with Gasteiger partial charge in [0.15, 0.2) is 0 Å². The van der Waals surface area contributed by atoms with E-state index in [9.17, 15) is 9.59 Å². The van der Waals surface area contributed by atoms with E-state index in [-0.39, 0.29) is 23.7 Å². The fraction of sp³-hybridized carbons (Fsp3) is 0.174. The van der Waals surface area contributed by atoms with E-state index in [1.165, 1.54) is 16.9 Å². The number of carbonyl (C=O) groups is 2. The van der Waals surface area contributed by atoms with E-state index >= 15 is 0 Å². The summed E-state index contributed by atoms with van der Waals surface area (Å²) in [6.45, 7) is 1.84. The summed E-state index contributed by atoms with van der Waals surface area (Å²) < 4.78 is 0.575. The third-order valence-electron chi connectivity index (χ3n) is 5.05. The summed E-state index contributed by atoms with van der Waals surface area (Å²) in [6, 6.07) is 20.8. The van der Waals surface area contributed by atoms with Gasteiger partial charge in [-0.15, -0.1) is 11.3 Å². The van der Waals surface area contributed by atoms with Crippen LogP contribution in [0.3, 0.4) is 0 Å². The number of rotatable bonds is 6. The summed E-state index contributed by atoms with van der Waals surface area (Å²) in [4.78, 5) is 25.1. The molecule has 1 aromatic heterocycles. The van der Waals surface area contributed by atoms with E-state index in [4.69, 9.17) is 11.6 Å². The maximum atomic E-state index is 12.4. The average Bonchev–Trinajstić information content (AvgIpc) is 3.46. The molecule has 1 aliphatic carbocycles. The van der Waals surface area contributed by atoms with Crippen molar-refractivity contribution in [2.45, 2.75) is 19.3 Å². The Labute approximate surface area is 183 Å². The minimum atomic E-state index is -0.199. The van der Waals surface area contributed by atoms with Gasteiger partial charge in [-0.1, -0.05) is 54.1 Å². The fourth-order valence-electron chi connectivity index (χ4n) is 3.26. The van der Waals surface area contributed by atoms with Crippen molar-refractivity contribution >= 4 is 46.2 Å². The molecule has 30 heavy (non-hydrogen) atoms. The van der Waals surface area contributed by atoms with Gasteiger partial charge in [-0.25, -0.2) is 5.43 Å².